The number of unbranched alkanes of at least 4 members (excludes halogenated alkanes) is 28. The molecule has 0 aliphatic rings. The molecule has 6 N–H and O–H groups in total. The molecule has 0 fully saturated rings. The Hall–Kier alpha value is -1.06. The molecule has 0 radical (unpaired) electrons. The van der Waals surface area contributed by atoms with Crippen LogP contribution in [0.3, 0.4) is 0 Å². The fourth-order valence-corrected chi connectivity index (χ4v) is 7.75. The van der Waals surface area contributed by atoms with Gasteiger partial charge in [-0.1, -0.05) is 199 Å². The number of phosphoric ester groups is 1. The third kappa shape index (κ3) is 39.8. The maximum absolute atomic E-state index is 12.8. The van der Waals surface area contributed by atoms with E-state index >= 15 is 0 Å². The van der Waals surface area contributed by atoms with Crippen molar-refractivity contribution >= 4 is 13.7 Å². The molecule has 0 aliphatic carbocycles. The van der Waals surface area contributed by atoms with E-state index in [-0.39, 0.29) is 19.6 Å². The van der Waals surface area contributed by atoms with E-state index in [4.69, 9.17) is 14.8 Å². The standard InChI is InChI=1S/C46H91N2O7P/c1-3-5-7-9-11-13-15-17-19-20-21-22-24-25-27-29-31-33-35-37-43(49)41-46(51)48-44(42-55-56(52,53)54-40-39-47)45(50)38-36-34-32-30-28-26-23-18-16-14-12-10-8-6-4-2/h22,24,36,38,43-45,49-50H,3-21,23,25-35,37,39-42,47H2,1-2H3,(H,48,51)(H,52,53)/b24-22-,38-36+. The highest BCUT2D eigenvalue weighted by atomic mass is 31.2. The van der Waals surface area contributed by atoms with Crippen LogP contribution in [0.5, 0.6) is 0 Å². The van der Waals surface area contributed by atoms with Crippen LogP contribution in [0.1, 0.15) is 226 Å². The highest BCUT2D eigenvalue weighted by molar-refractivity contribution is 7.47. The summed E-state index contributed by atoms with van der Waals surface area (Å²) >= 11 is 0. The number of carbonyl (C=O) groups is 1. The fraction of sp³-hybridized carbons (Fsp3) is 0.891. The van der Waals surface area contributed by atoms with Gasteiger partial charge in [0.05, 0.1) is 37.9 Å². The van der Waals surface area contributed by atoms with Gasteiger partial charge in [-0.15, -0.1) is 0 Å². The molecular formula is C46H91N2O7P. The van der Waals surface area contributed by atoms with Crippen molar-refractivity contribution in [3.8, 4) is 0 Å². The second-order valence-electron chi connectivity index (χ2n) is 16.2. The van der Waals surface area contributed by atoms with Crippen LogP contribution in [0, 0.1) is 0 Å². The van der Waals surface area contributed by atoms with Crippen molar-refractivity contribution < 1.29 is 33.5 Å². The maximum Gasteiger partial charge on any atom is 0.472 e. The van der Waals surface area contributed by atoms with E-state index < -0.39 is 38.6 Å². The highest BCUT2D eigenvalue weighted by Gasteiger charge is 2.27. The molecule has 332 valence electrons. The molecule has 56 heavy (non-hydrogen) atoms. The van der Waals surface area contributed by atoms with Gasteiger partial charge in [0.1, 0.15) is 0 Å². The van der Waals surface area contributed by atoms with Crippen LogP contribution in [0.2, 0.25) is 0 Å². The summed E-state index contributed by atoms with van der Waals surface area (Å²) in [6.45, 7) is 3.99. The largest absolute Gasteiger partial charge is 0.472 e. The first-order valence-electron chi connectivity index (χ1n) is 23.5. The zero-order valence-electron chi connectivity index (χ0n) is 36.5. The minimum absolute atomic E-state index is 0.0490. The zero-order valence-corrected chi connectivity index (χ0v) is 37.4. The van der Waals surface area contributed by atoms with Crippen LogP contribution < -0.4 is 11.1 Å². The summed E-state index contributed by atoms with van der Waals surface area (Å²) in [6.07, 6.45) is 45.5. The number of hydrogen-bond acceptors (Lipinski definition) is 7. The Kier molecular flexibility index (Phi) is 41.3. The number of carbonyl (C=O) groups excluding carboxylic acids is 1. The molecule has 4 unspecified atom stereocenters. The number of allylic oxidation sites excluding steroid dienone is 3. The quantitative estimate of drug-likeness (QED) is 0.0232. The van der Waals surface area contributed by atoms with E-state index in [1.165, 1.54) is 148 Å². The number of phosphoric acid groups is 1. The number of nitrogens with one attached hydrogen (secondary N) is 1. The van der Waals surface area contributed by atoms with Crippen LogP contribution >= 0.6 is 7.82 Å². The fourth-order valence-electron chi connectivity index (χ4n) is 6.99. The van der Waals surface area contributed by atoms with Crippen LogP contribution in [0.15, 0.2) is 24.3 Å². The first kappa shape index (κ1) is 54.9. The van der Waals surface area contributed by atoms with Crippen molar-refractivity contribution in [2.45, 2.75) is 244 Å². The van der Waals surface area contributed by atoms with E-state index in [0.29, 0.717) is 6.42 Å². The molecule has 0 aromatic heterocycles. The topological polar surface area (TPSA) is 151 Å². The molecule has 0 spiro atoms. The van der Waals surface area contributed by atoms with Crippen LogP contribution in [0.4, 0.5) is 0 Å². The predicted molar refractivity (Wildman–Crippen MR) is 237 cm³/mol. The Morgan fingerprint density at radius 2 is 1.00 bits per heavy atom. The predicted octanol–water partition coefficient (Wildman–Crippen LogP) is 12.3. The molecule has 4 atom stereocenters. The Labute approximate surface area is 345 Å². The lowest BCUT2D eigenvalue weighted by atomic mass is 10.0. The van der Waals surface area contributed by atoms with Crippen LogP contribution in [-0.2, 0) is 18.4 Å². The molecule has 0 aromatic rings. The van der Waals surface area contributed by atoms with E-state index in [1.807, 2.05) is 6.08 Å². The summed E-state index contributed by atoms with van der Waals surface area (Å²) in [5.74, 6) is -0.449. The van der Waals surface area contributed by atoms with E-state index in [0.717, 1.165) is 51.4 Å². The van der Waals surface area contributed by atoms with Gasteiger partial charge in [0.25, 0.3) is 0 Å². The third-order valence-corrected chi connectivity index (χ3v) is 11.6. The molecule has 9 nitrogen and oxygen atoms in total. The van der Waals surface area contributed by atoms with Crippen LogP contribution in [0.25, 0.3) is 0 Å². The van der Waals surface area contributed by atoms with Crippen molar-refractivity contribution in [1.82, 2.24) is 5.32 Å². The van der Waals surface area contributed by atoms with Crippen LogP contribution in [-0.4, -0.2) is 59.0 Å². The van der Waals surface area contributed by atoms with E-state index in [2.05, 4.69) is 31.3 Å². The van der Waals surface area contributed by atoms with Gasteiger partial charge < -0.3 is 26.2 Å². The van der Waals surface area contributed by atoms with E-state index in [9.17, 15) is 24.5 Å². The lowest BCUT2D eigenvalue weighted by molar-refractivity contribution is -0.124. The zero-order chi connectivity index (χ0) is 41.2. The molecule has 0 heterocycles. The molecule has 0 bridgehead atoms. The smallest absolute Gasteiger partial charge is 0.393 e. The minimum atomic E-state index is -4.40. The number of amides is 1. The van der Waals surface area contributed by atoms with Gasteiger partial charge in [-0.25, -0.2) is 4.57 Å². The van der Waals surface area contributed by atoms with Gasteiger partial charge in [0, 0.05) is 6.54 Å². The Morgan fingerprint density at radius 3 is 1.43 bits per heavy atom. The Balaban J connectivity index is 4.25. The van der Waals surface area contributed by atoms with Crippen molar-refractivity contribution in [2.75, 3.05) is 19.8 Å². The second-order valence-corrected chi connectivity index (χ2v) is 17.6. The van der Waals surface area contributed by atoms with Gasteiger partial charge in [-0.05, 0) is 44.9 Å². The number of aliphatic hydroxyl groups is 2. The lowest BCUT2D eigenvalue weighted by Crippen LogP contribution is -2.46. The highest BCUT2D eigenvalue weighted by Crippen LogP contribution is 2.43. The summed E-state index contributed by atoms with van der Waals surface area (Å²) < 4.78 is 22.1. The van der Waals surface area contributed by atoms with Crippen molar-refractivity contribution in [2.24, 2.45) is 5.73 Å². The number of hydrogen-bond donors (Lipinski definition) is 5. The van der Waals surface area contributed by atoms with Crippen molar-refractivity contribution in [3.63, 3.8) is 0 Å². The lowest BCUT2D eigenvalue weighted by Gasteiger charge is -2.24. The average molecular weight is 815 g/mol. The van der Waals surface area contributed by atoms with Gasteiger partial charge in [-0.3, -0.25) is 13.8 Å². The monoisotopic (exact) mass is 815 g/mol. The first-order chi connectivity index (χ1) is 27.3. The molecule has 0 aliphatic heterocycles. The summed E-state index contributed by atoms with van der Waals surface area (Å²) in [5.41, 5.74) is 5.37. The average Bonchev–Trinajstić information content (AvgIpc) is 3.17. The van der Waals surface area contributed by atoms with Gasteiger partial charge >= 0.3 is 7.82 Å². The summed E-state index contributed by atoms with van der Waals surface area (Å²) in [6, 6.07) is -0.983. The maximum atomic E-state index is 12.8. The van der Waals surface area contributed by atoms with Gasteiger partial charge in [0.15, 0.2) is 0 Å². The van der Waals surface area contributed by atoms with E-state index in [1.54, 1.807) is 6.08 Å². The van der Waals surface area contributed by atoms with Gasteiger partial charge in [0.2, 0.25) is 5.91 Å². The normalized spacial score (nSPS) is 14.8. The van der Waals surface area contributed by atoms with Gasteiger partial charge in [-0.2, -0.15) is 0 Å². The summed E-state index contributed by atoms with van der Waals surface area (Å²) in [5, 5.41) is 24.1. The summed E-state index contributed by atoms with van der Waals surface area (Å²) in [4.78, 5) is 22.8. The van der Waals surface area contributed by atoms with Crippen molar-refractivity contribution in [1.29, 1.82) is 0 Å². The SMILES string of the molecule is CCCCCCCCCCCC/C=C\CCCCCCCC(O)CC(=O)NC(COP(=O)(O)OCCN)C(O)/C=C/CCCCCCCCCCCCCCC. The first-order valence-corrected chi connectivity index (χ1v) is 25.0. The van der Waals surface area contributed by atoms with Crippen molar-refractivity contribution in [3.05, 3.63) is 24.3 Å². The number of rotatable bonds is 44. The Bertz CT molecular complexity index is 950. The molecule has 10 heteroatoms. The Morgan fingerprint density at radius 1 is 0.607 bits per heavy atom. The molecule has 0 saturated heterocycles. The molecular weight excluding hydrogens is 723 g/mol. The molecule has 0 saturated carbocycles. The number of nitrogens with two attached hydrogens (primary N) is 1. The summed E-state index contributed by atoms with van der Waals surface area (Å²) in [7, 11) is -4.40. The number of aliphatic hydroxyl groups excluding tert-OH is 2. The minimum Gasteiger partial charge on any atom is -0.393 e. The molecule has 0 rings (SSSR count). The second kappa shape index (κ2) is 42.1. The molecule has 0 aromatic carbocycles. The molecule has 1 amide bonds. The third-order valence-electron chi connectivity index (χ3n) is 10.6.